The molecule has 0 unspecified atom stereocenters. The fraction of sp³-hybridized carbons (Fsp3) is 0.0909. The zero-order valence-corrected chi connectivity index (χ0v) is 7.57. The highest BCUT2D eigenvalue weighted by molar-refractivity contribution is 5.82. The van der Waals surface area contributed by atoms with Gasteiger partial charge in [0.25, 0.3) is 0 Å². The Hall–Kier alpha value is -1.90. The minimum atomic E-state index is 0.800. The number of hydrogen-bond donors (Lipinski definition) is 1. The Morgan fingerprint density at radius 1 is 1.36 bits per heavy atom. The summed E-state index contributed by atoms with van der Waals surface area (Å²) in [7, 11) is 0. The zero-order chi connectivity index (χ0) is 9.38. The second kappa shape index (κ2) is 2.80. The van der Waals surface area contributed by atoms with Crippen LogP contribution in [0, 0.1) is 0 Å². The van der Waals surface area contributed by atoms with E-state index in [0.717, 1.165) is 29.0 Å². The van der Waals surface area contributed by atoms with Gasteiger partial charge in [-0.1, -0.05) is 12.2 Å². The Kier molecular flexibility index (Phi) is 1.50. The van der Waals surface area contributed by atoms with Crippen LogP contribution in [0.4, 0.5) is 5.82 Å². The lowest BCUT2D eigenvalue weighted by Crippen LogP contribution is -2.06. The molecular formula is C11H9N3. The van der Waals surface area contributed by atoms with Crippen molar-refractivity contribution in [1.29, 1.82) is 0 Å². The molecule has 0 amide bonds. The quantitative estimate of drug-likeness (QED) is 0.679. The third-order valence-corrected chi connectivity index (χ3v) is 2.30. The van der Waals surface area contributed by atoms with Gasteiger partial charge < -0.3 is 5.32 Å². The van der Waals surface area contributed by atoms with Crippen molar-refractivity contribution < 1.29 is 0 Å². The van der Waals surface area contributed by atoms with E-state index in [9.17, 15) is 0 Å². The molecule has 0 saturated heterocycles. The maximum atomic E-state index is 4.44. The fourth-order valence-electron chi connectivity index (χ4n) is 1.63. The Balaban J connectivity index is 2.34. The lowest BCUT2D eigenvalue weighted by Gasteiger charge is -2.11. The Morgan fingerprint density at radius 3 is 3.36 bits per heavy atom. The van der Waals surface area contributed by atoms with Crippen LogP contribution in [0.1, 0.15) is 5.56 Å². The largest absolute Gasteiger partial charge is 0.366 e. The number of nitrogens with one attached hydrogen (secondary N) is 1. The Labute approximate surface area is 81.5 Å². The molecule has 3 heterocycles. The van der Waals surface area contributed by atoms with E-state index in [2.05, 4.69) is 33.5 Å². The third kappa shape index (κ3) is 1.06. The van der Waals surface area contributed by atoms with Crippen molar-refractivity contribution in [2.24, 2.45) is 0 Å². The number of anilines is 1. The van der Waals surface area contributed by atoms with Crippen molar-refractivity contribution in [3.05, 3.63) is 36.0 Å². The first-order valence-corrected chi connectivity index (χ1v) is 4.60. The van der Waals surface area contributed by atoms with E-state index in [1.54, 1.807) is 6.20 Å². The van der Waals surface area contributed by atoms with Gasteiger partial charge in [0.15, 0.2) is 5.65 Å². The summed E-state index contributed by atoms with van der Waals surface area (Å²) in [6.07, 6.45) is 5.94. The van der Waals surface area contributed by atoms with Crippen LogP contribution in [0.15, 0.2) is 30.5 Å². The molecule has 14 heavy (non-hydrogen) atoms. The van der Waals surface area contributed by atoms with E-state index in [1.807, 2.05) is 12.1 Å². The molecule has 0 atom stereocenters. The average molecular weight is 183 g/mol. The van der Waals surface area contributed by atoms with E-state index >= 15 is 0 Å². The molecule has 0 bridgehead atoms. The second-order valence-electron chi connectivity index (χ2n) is 3.26. The first kappa shape index (κ1) is 7.50. The SMILES string of the molecule is C1=Cc2cc3cccnc3nc2NC1. The summed E-state index contributed by atoms with van der Waals surface area (Å²) in [4.78, 5) is 8.66. The maximum absolute atomic E-state index is 4.44. The van der Waals surface area contributed by atoms with Crippen LogP contribution in [0.5, 0.6) is 0 Å². The van der Waals surface area contributed by atoms with Crippen LogP contribution in [-0.4, -0.2) is 16.5 Å². The number of fused-ring (bicyclic) bond motifs is 2. The molecule has 1 aliphatic rings. The smallest absolute Gasteiger partial charge is 0.161 e. The first-order chi connectivity index (χ1) is 6.93. The molecule has 0 aromatic carbocycles. The summed E-state index contributed by atoms with van der Waals surface area (Å²) < 4.78 is 0. The van der Waals surface area contributed by atoms with Crippen molar-refractivity contribution in [3.8, 4) is 0 Å². The molecule has 3 heteroatoms. The van der Waals surface area contributed by atoms with Gasteiger partial charge >= 0.3 is 0 Å². The third-order valence-electron chi connectivity index (χ3n) is 2.30. The van der Waals surface area contributed by atoms with Crippen LogP contribution in [0.3, 0.4) is 0 Å². The molecule has 2 aromatic heterocycles. The number of pyridine rings is 2. The highest BCUT2D eigenvalue weighted by Gasteiger charge is 2.06. The van der Waals surface area contributed by atoms with Crippen molar-refractivity contribution >= 4 is 22.9 Å². The van der Waals surface area contributed by atoms with Gasteiger partial charge in [0.05, 0.1) is 0 Å². The first-order valence-electron chi connectivity index (χ1n) is 4.60. The van der Waals surface area contributed by atoms with Crippen molar-refractivity contribution in [2.45, 2.75) is 0 Å². The lowest BCUT2D eigenvalue weighted by atomic mass is 10.1. The minimum absolute atomic E-state index is 0.800. The van der Waals surface area contributed by atoms with Crippen LogP contribution >= 0.6 is 0 Å². The second-order valence-corrected chi connectivity index (χ2v) is 3.26. The predicted octanol–water partition coefficient (Wildman–Crippen LogP) is 2.07. The molecule has 0 radical (unpaired) electrons. The van der Waals surface area contributed by atoms with E-state index in [1.165, 1.54) is 0 Å². The molecule has 0 fully saturated rings. The minimum Gasteiger partial charge on any atom is -0.366 e. The summed E-state index contributed by atoms with van der Waals surface area (Å²) >= 11 is 0. The van der Waals surface area contributed by atoms with Crippen LogP contribution in [0.25, 0.3) is 17.1 Å². The Bertz CT molecular complexity index is 517. The molecule has 68 valence electrons. The molecule has 3 nitrogen and oxygen atoms in total. The summed E-state index contributed by atoms with van der Waals surface area (Å²) in [5.74, 6) is 0.929. The van der Waals surface area contributed by atoms with E-state index < -0.39 is 0 Å². The molecule has 0 spiro atoms. The maximum Gasteiger partial charge on any atom is 0.161 e. The molecular weight excluding hydrogens is 174 g/mol. The van der Waals surface area contributed by atoms with Crippen molar-refractivity contribution in [3.63, 3.8) is 0 Å². The molecule has 0 saturated carbocycles. The van der Waals surface area contributed by atoms with E-state index in [4.69, 9.17) is 0 Å². The van der Waals surface area contributed by atoms with Crippen molar-refractivity contribution in [2.75, 3.05) is 11.9 Å². The van der Waals surface area contributed by atoms with Gasteiger partial charge in [-0.25, -0.2) is 9.97 Å². The summed E-state index contributed by atoms with van der Waals surface area (Å²) in [6, 6.07) is 6.06. The number of hydrogen-bond acceptors (Lipinski definition) is 3. The van der Waals surface area contributed by atoms with Gasteiger partial charge in [-0.15, -0.1) is 0 Å². The molecule has 2 aromatic rings. The van der Waals surface area contributed by atoms with Crippen LogP contribution in [0.2, 0.25) is 0 Å². The fourth-order valence-corrected chi connectivity index (χ4v) is 1.63. The highest BCUT2D eigenvalue weighted by Crippen LogP contribution is 2.22. The summed E-state index contributed by atoms with van der Waals surface area (Å²) in [6.45, 7) is 0.846. The normalized spacial score (nSPS) is 13.7. The summed E-state index contributed by atoms with van der Waals surface area (Å²) in [5, 5.41) is 4.30. The number of nitrogens with zero attached hydrogens (tertiary/aromatic N) is 2. The Morgan fingerprint density at radius 2 is 2.36 bits per heavy atom. The summed E-state index contributed by atoms with van der Waals surface area (Å²) in [5.41, 5.74) is 1.94. The van der Waals surface area contributed by atoms with Gasteiger partial charge in [0, 0.05) is 23.7 Å². The zero-order valence-electron chi connectivity index (χ0n) is 7.57. The monoisotopic (exact) mass is 183 g/mol. The van der Waals surface area contributed by atoms with E-state index in [-0.39, 0.29) is 0 Å². The van der Waals surface area contributed by atoms with Gasteiger partial charge in [-0.3, -0.25) is 0 Å². The van der Waals surface area contributed by atoms with Gasteiger partial charge in [0.2, 0.25) is 0 Å². The van der Waals surface area contributed by atoms with Crippen LogP contribution in [-0.2, 0) is 0 Å². The molecule has 1 aliphatic heterocycles. The van der Waals surface area contributed by atoms with E-state index in [0.29, 0.717) is 0 Å². The molecule has 1 N–H and O–H groups in total. The average Bonchev–Trinajstić information content (AvgIpc) is 2.26. The van der Waals surface area contributed by atoms with Crippen molar-refractivity contribution in [1.82, 2.24) is 9.97 Å². The van der Waals surface area contributed by atoms with Gasteiger partial charge in [-0.05, 0) is 18.2 Å². The standard InChI is InChI=1S/C11H9N3/c1-3-8-7-9-4-2-6-13-11(9)14-10(8)12-5-1/h1-5,7H,6H2,(H,12,13,14). The lowest BCUT2D eigenvalue weighted by molar-refractivity contribution is 1.21. The molecule has 0 aliphatic carbocycles. The number of aromatic nitrogens is 2. The topological polar surface area (TPSA) is 37.8 Å². The predicted molar refractivity (Wildman–Crippen MR) is 57.1 cm³/mol. The number of rotatable bonds is 0. The van der Waals surface area contributed by atoms with Crippen LogP contribution < -0.4 is 5.32 Å². The highest BCUT2D eigenvalue weighted by atomic mass is 15.0. The molecule has 3 rings (SSSR count). The van der Waals surface area contributed by atoms with Gasteiger partial charge in [0.1, 0.15) is 5.82 Å². The van der Waals surface area contributed by atoms with Gasteiger partial charge in [-0.2, -0.15) is 0 Å².